The Morgan fingerprint density at radius 1 is 1.00 bits per heavy atom. The number of hydrogen-bond acceptors (Lipinski definition) is 3. The van der Waals surface area contributed by atoms with Gasteiger partial charge in [-0.25, -0.2) is 0 Å². The molecule has 0 bridgehead atoms. The maximum absolute atomic E-state index is 11.2. The average Bonchev–Trinajstić information content (AvgIpc) is 2.31. The number of cyclic esters (lactones) is 2. The third-order valence-electron chi connectivity index (χ3n) is 2.64. The molecule has 0 aromatic heterocycles. The largest absolute Gasteiger partial charge is 0.393 e. The van der Waals surface area contributed by atoms with Gasteiger partial charge in [-0.15, -0.1) is 0 Å². The molecule has 4 atom stereocenters. The monoisotopic (exact) mass is 310 g/mol. The van der Waals surface area contributed by atoms with Gasteiger partial charge in [-0.1, -0.05) is 31.9 Å². The number of ether oxygens (including phenoxy) is 1. The van der Waals surface area contributed by atoms with Crippen molar-refractivity contribution >= 4 is 43.8 Å². The van der Waals surface area contributed by atoms with Gasteiger partial charge < -0.3 is 4.74 Å². The fourth-order valence-corrected chi connectivity index (χ4v) is 3.12. The van der Waals surface area contributed by atoms with Crippen LogP contribution in [0.2, 0.25) is 0 Å². The number of carbonyl (C=O) groups excluding carboxylic acids is 2. The van der Waals surface area contributed by atoms with E-state index in [0.29, 0.717) is 12.8 Å². The van der Waals surface area contributed by atoms with Crippen LogP contribution in [0.5, 0.6) is 0 Å². The lowest BCUT2D eigenvalue weighted by Gasteiger charge is -2.28. The molecule has 0 amide bonds. The number of halogens is 2. The second kappa shape index (κ2) is 3.35. The fourth-order valence-electron chi connectivity index (χ4n) is 1.88. The van der Waals surface area contributed by atoms with Crippen LogP contribution in [-0.2, 0) is 14.3 Å². The number of esters is 2. The number of alkyl halides is 2. The molecule has 72 valence electrons. The zero-order chi connectivity index (χ0) is 9.59. The van der Waals surface area contributed by atoms with E-state index in [1.165, 1.54) is 0 Å². The van der Waals surface area contributed by atoms with Crippen LogP contribution in [0.25, 0.3) is 0 Å². The van der Waals surface area contributed by atoms with Crippen molar-refractivity contribution in [1.29, 1.82) is 0 Å². The summed E-state index contributed by atoms with van der Waals surface area (Å²) in [7, 11) is 0. The van der Waals surface area contributed by atoms with Gasteiger partial charge in [0, 0.05) is 9.65 Å². The molecule has 0 spiro atoms. The van der Waals surface area contributed by atoms with Crippen LogP contribution in [0, 0.1) is 11.8 Å². The van der Waals surface area contributed by atoms with E-state index in [0.717, 1.165) is 0 Å². The van der Waals surface area contributed by atoms with Gasteiger partial charge in [0.2, 0.25) is 0 Å². The van der Waals surface area contributed by atoms with Crippen LogP contribution in [-0.4, -0.2) is 21.6 Å². The number of rotatable bonds is 0. The Kier molecular flexibility index (Phi) is 2.49. The summed E-state index contributed by atoms with van der Waals surface area (Å²) < 4.78 is 4.59. The molecule has 1 heterocycles. The highest BCUT2D eigenvalue weighted by atomic mass is 79.9. The van der Waals surface area contributed by atoms with E-state index >= 15 is 0 Å². The second-order valence-corrected chi connectivity index (χ2v) is 5.81. The molecule has 5 heteroatoms. The molecular formula is C8H8Br2O3. The summed E-state index contributed by atoms with van der Waals surface area (Å²) in [6.07, 6.45) is 1.37. The van der Waals surface area contributed by atoms with Crippen LogP contribution in [0.4, 0.5) is 0 Å². The van der Waals surface area contributed by atoms with Gasteiger partial charge in [-0.2, -0.15) is 0 Å². The van der Waals surface area contributed by atoms with Crippen LogP contribution < -0.4 is 0 Å². The summed E-state index contributed by atoms with van der Waals surface area (Å²) in [4.78, 5) is 22.9. The van der Waals surface area contributed by atoms with Crippen molar-refractivity contribution in [2.75, 3.05) is 0 Å². The van der Waals surface area contributed by atoms with E-state index in [2.05, 4.69) is 36.6 Å². The highest BCUT2D eigenvalue weighted by Gasteiger charge is 2.49. The molecule has 2 rings (SSSR count). The maximum Gasteiger partial charge on any atom is 0.317 e. The van der Waals surface area contributed by atoms with Crippen molar-refractivity contribution in [2.24, 2.45) is 11.8 Å². The first-order chi connectivity index (χ1) is 6.09. The van der Waals surface area contributed by atoms with Crippen LogP contribution in [0.15, 0.2) is 0 Å². The summed E-state index contributed by atoms with van der Waals surface area (Å²) in [6.45, 7) is 0. The maximum atomic E-state index is 11.2. The summed E-state index contributed by atoms with van der Waals surface area (Å²) in [5, 5.41) is 0. The number of hydrogen-bond donors (Lipinski definition) is 0. The quantitative estimate of drug-likeness (QED) is 0.388. The lowest BCUT2D eigenvalue weighted by molar-refractivity contribution is -0.153. The third-order valence-corrected chi connectivity index (χ3v) is 5.38. The van der Waals surface area contributed by atoms with E-state index in [4.69, 9.17) is 0 Å². The van der Waals surface area contributed by atoms with Crippen molar-refractivity contribution in [3.8, 4) is 0 Å². The van der Waals surface area contributed by atoms with Gasteiger partial charge in [0.25, 0.3) is 0 Å². The molecule has 0 N–H and O–H groups in total. The van der Waals surface area contributed by atoms with Gasteiger partial charge in [-0.3, -0.25) is 9.59 Å². The summed E-state index contributed by atoms with van der Waals surface area (Å²) in [5.41, 5.74) is 0. The number of carbonyl (C=O) groups is 2. The first-order valence-corrected chi connectivity index (χ1v) is 5.96. The normalized spacial score (nSPS) is 44.5. The fraction of sp³-hybridized carbons (Fsp3) is 0.750. The standard InChI is InChI=1S/C8H8Br2O3/c9-5-1-3-4(2-6(5)10)8(12)13-7(3)11/h3-6H,1-2H2/t3-,4-,5+,6+/m1/s1. The highest BCUT2D eigenvalue weighted by Crippen LogP contribution is 2.41. The highest BCUT2D eigenvalue weighted by molar-refractivity contribution is 9.12. The van der Waals surface area contributed by atoms with Crippen molar-refractivity contribution in [1.82, 2.24) is 0 Å². The molecule has 1 saturated carbocycles. The Labute approximate surface area is 92.5 Å². The van der Waals surface area contributed by atoms with Crippen molar-refractivity contribution in [3.05, 3.63) is 0 Å². The van der Waals surface area contributed by atoms with Gasteiger partial charge in [0.15, 0.2) is 0 Å². The molecule has 0 aromatic carbocycles. The van der Waals surface area contributed by atoms with Gasteiger partial charge in [-0.05, 0) is 12.8 Å². The SMILES string of the molecule is O=C1OC(=O)[C@@H]2C[C@H](Br)[C@@H](Br)C[C@@H]12. The minimum atomic E-state index is -0.348. The molecular weight excluding hydrogens is 304 g/mol. The van der Waals surface area contributed by atoms with Gasteiger partial charge in [0.05, 0.1) is 11.8 Å². The molecule has 2 fully saturated rings. The Bertz CT molecular complexity index is 240. The van der Waals surface area contributed by atoms with E-state index < -0.39 is 0 Å². The lowest BCUT2D eigenvalue weighted by atomic mass is 9.81. The van der Waals surface area contributed by atoms with E-state index in [1.807, 2.05) is 0 Å². The molecule has 0 aromatic rings. The Balaban J connectivity index is 2.19. The lowest BCUT2D eigenvalue weighted by Crippen LogP contribution is -2.34. The van der Waals surface area contributed by atoms with Crippen LogP contribution >= 0.6 is 31.9 Å². The van der Waals surface area contributed by atoms with E-state index in [1.54, 1.807) is 0 Å². The zero-order valence-electron chi connectivity index (χ0n) is 6.70. The molecule has 13 heavy (non-hydrogen) atoms. The second-order valence-electron chi connectivity index (χ2n) is 3.46. The molecule has 0 unspecified atom stereocenters. The molecule has 0 radical (unpaired) electrons. The van der Waals surface area contributed by atoms with Gasteiger partial charge >= 0.3 is 11.9 Å². The van der Waals surface area contributed by atoms with E-state index in [-0.39, 0.29) is 33.4 Å². The molecule has 3 nitrogen and oxygen atoms in total. The predicted molar refractivity (Wildman–Crippen MR) is 52.7 cm³/mol. The Morgan fingerprint density at radius 3 is 1.77 bits per heavy atom. The summed E-state index contributed by atoms with van der Waals surface area (Å²) >= 11 is 6.94. The van der Waals surface area contributed by atoms with Crippen molar-refractivity contribution in [2.45, 2.75) is 22.5 Å². The van der Waals surface area contributed by atoms with E-state index in [9.17, 15) is 9.59 Å². The first-order valence-electron chi connectivity index (χ1n) is 4.13. The first kappa shape index (κ1) is 9.65. The smallest absolute Gasteiger partial charge is 0.317 e. The van der Waals surface area contributed by atoms with Crippen molar-refractivity contribution < 1.29 is 14.3 Å². The minimum absolute atomic E-state index is 0.217. The average molecular weight is 312 g/mol. The zero-order valence-corrected chi connectivity index (χ0v) is 9.88. The van der Waals surface area contributed by atoms with Gasteiger partial charge in [0.1, 0.15) is 0 Å². The molecule has 1 saturated heterocycles. The predicted octanol–water partition coefficient (Wildman–Crippen LogP) is 1.62. The third kappa shape index (κ3) is 1.56. The van der Waals surface area contributed by atoms with Crippen LogP contribution in [0.1, 0.15) is 12.8 Å². The molecule has 1 aliphatic carbocycles. The Morgan fingerprint density at radius 2 is 1.38 bits per heavy atom. The summed E-state index contributed by atoms with van der Waals surface area (Å²) in [6, 6.07) is 0. The van der Waals surface area contributed by atoms with Crippen LogP contribution in [0.3, 0.4) is 0 Å². The minimum Gasteiger partial charge on any atom is -0.393 e. The summed E-state index contributed by atoms with van der Waals surface area (Å²) in [5.74, 6) is -1.13. The Hall–Kier alpha value is 0.1000. The molecule has 1 aliphatic heterocycles. The molecule has 2 aliphatic rings. The topological polar surface area (TPSA) is 43.4 Å². The van der Waals surface area contributed by atoms with Crippen molar-refractivity contribution in [3.63, 3.8) is 0 Å². The number of fused-ring (bicyclic) bond motifs is 1.